The molecule has 0 aromatic heterocycles. The average molecular weight is 279 g/mol. The highest BCUT2D eigenvalue weighted by Crippen LogP contribution is 2.33. The first kappa shape index (κ1) is 14.3. The van der Waals surface area contributed by atoms with Gasteiger partial charge in [-0.1, -0.05) is 25.0 Å². The second-order valence-corrected chi connectivity index (χ2v) is 6.52. The highest BCUT2D eigenvalue weighted by molar-refractivity contribution is 8.01. The minimum absolute atomic E-state index is 0.0204. The van der Waals surface area contributed by atoms with Gasteiger partial charge in [-0.15, -0.1) is 11.8 Å². The third-order valence-electron chi connectivity index (χ3n) is 3.43. The van der Waals surface area contributed by atoms with Gasteiger partial charge in [0.1, 0.15) is 5.75 Å². The smallest absolute Gasteiger partial charge is 0.237 e. The van der Waals surface area contributed by atoms with Gasteiger partial charge >= 0.3 is 0 Å². The first-order valence-electron chi connectivity index (χ1n) is 6.80. The predicted octanol–water partition coefficient (Wildman–Crippen LogP) is 3.70. The first-order chi connectivity index (χ1) is 9.20. The zero-order valence-corrected chi connectivity index (χ0v) is 12.3. The van der Waals surface area contributed by atoms with E-state index in [4.69, 9.17) is 4.74 Å². The molecule has 0 saturated heterocycles. The van der Waals surface area contributed by atoms with E-state index in [1.54, 1.807) is 18.9 Å². The Bertz CT molecular complexity index is 430. The molecule has 19 heavy (non-hydrogen) atoms. The molecule has 0 heterocycles. The lowest BCUT2D eigenvalue weighted by Crippen LogP contribution is -2.24. The molecular weight excluding hydrogens is 258 g/mol. The first-order valence-corrected chi connectivity index (χ1v) is 7.74. The number of carbonyl (C=O) groups excluding carboxylic acids is 1. The number of hydrogen-bond donors (Lipinski definition) is 1. The fourth-order valence-electron chi connectivity index (χ4n) is 2.36. The Labute approximate surface area is 119 Å². The molecule has 3 nitrogen and oxygen atoms in total. The van der Waals surface area contributed by atoms with Crippen molar-refractivity contribution in [2.24, 2.45) is 0 Å². The maximum Gasteiger partial charge on any atom is 0.237 e. The van der Waals surface area contributed by atoms with Crippen LogP contribution in [0, 0.1) is 0 Å². The summed E-state index contributed by atoms with van der Waals surface area (Å²) in [7, 11) is 1.61. The van der Waals surface area contributed by atoms with Crippen LogP contribution >= 0.6 is 11.8 Å². The van der Waals surface area contributed by atoms with E-state index in [0.29, 0.717) is 11.0 Å². The van der Waals surface area contributed by atoms with Gasteiger partial charge in [-0.25, -0.2) is 0 Å². The molecule has 1 saturated carbocycles. The average Bonchev–Trinajstić information content (AvgIpc) is 2.92. The molecule has 104 valence electrons. The second-order valence-electron chi connectivity index (χ2n) is 4.87. The molecule has 0 bridgehead atoms. The van der Waals surface area contributed by atoms with Crippen molar-refractivity contribution in [2.75, 3.05) is 12.4 Å². The third-order valence-corrected chi connectivity index (χ3v) is 4.91. The van der Waals surface area contributed by atoms with Crippen LogP contribution in [0.25, 0.3) is 0 Å². The maximum atomic E-state index is 12.2. The van der Waals surface area contributed by atoms with Crippen molar-refractivity contribution >= 4 is 23.4 Å². The van der Waals surface area contributed by atoms with Crippen molar-refractivity contribution < 1.29 is 9.53 Å². The van der Waals surface area contributed by atoms with Crippen molar-refractivity contribution in [2.45, 2.75) is 43.1 Å². The number of rotatable bonds is 5. The molecule has 0 radical (unpaired) electrons. The molecule has 1 N–H and O–H groups in total. The van der Waals surface area contributed by atoms with Gasteiger partial charge in [-0.05, 0) is 31.9 Å². The minimum Gasteiger partial charge on any atom is -0.495 e. The summed E-state index contributed by atoms with van der Waals surface area (Å²) < 4.78 is 5.24. The normalized spacial score (nSPS) is 17.2. The molecule has 1 unspecified atom stereocenters. The van der Waals surface area contributed by atoms with E-state index < -0.39 is 0 Å². The Morgan fingerprint density at radius 1 is 1.37 bits per heavy atom. The topological polar surface area (TPSA) is 38.3 Å². The molecule has 1 aromatic rings. The number of methoxy groups -OCH3 is 1. The molecule has 0 aliphatic heterocycles. The molecule has 1 aliphatic carbocycles. The van der Waals surface area contributed by atoms with E-state index in [0.717, 1.165) is 5.69 Å². The highest BCUT2D eigenvalue weighted by Gasteiger charge is 2.22. The standard InChI is InChI=1S/C15H21NO2S/c1-11(19-12-7-3-4-8-12)15(17)16-13-9-5-6-10-14(13)18-2/h5-6,9-12H,3-4,7-8H2,1-2H3,(H,16,17). The van der Waals surface area contributed by atoms with Gasteiger partial charge in [0, 0.05) is 5.25 Å². The van der Waals surface area contributed by atoms with Crippen LogP contribution in [0.2, 0.25) is 0 Å². The molecule has 1 fully saturated rings. The molecular formula is C15H21NO2S. The second kappa shape index (κ2) is 6.85. The van der Waals surface area contributed by atoms with Crippen LogP contribution < -0.4 is 10.1 Å². The summed E-state index contributed by atoms with van der Waals surface area (Å²) in [6.07, 6.45) is 5.10. The summed E-state index contributed by atoms with van der Waals surface area (Å²) in [5.74, 6) is 0.760. The van der Waals surface area contributed by atoms with E-state index >= 15 is 0 Å². The van der Waals surface area contributed by atoms with Crippen LogP contribution in [0.3, 0.4) is 0 Å². The van der Waals surface area contributed by atoms with Crippen molar-refractivity contribution in [3.8, 4) is 5.75 Å². The van der Waals surface area contributed by atoms with Crippen LogP contribution in [0.4, 0.5) is 5.69 Å². The number of benzene rings is 1. The van der Waals surface area contributed by atoms with Crippen molar-refractivity contribution in [3.05, 3.63) is 24.3 Å². The number of anilines is 1. The Morgan fingerprint density at radius 3 is 2.74 bits per heavy atom. The Balaban J connectivity index is 1.92. The van der Waals surface area contributed by atoms with E-state index in [1.165, 1.54) is 25.7 Å². The van der Waals surface area contributed by atoms with E-state index in [1.807, 2.05) is 31.2 Å². The number of para-hydroxylation sites is 2. The largest absolute Gasteiger partial charge is 0.495 e. The maximum absolute atomic E-state index is 12.2. The molecule has 1 amide bonds. The lowest BCUT2D eigenvalue weighted by atomic mass is 10.3. The molecule has 1 aliphatic rings. The predicted molar refractivity (Wildman–Crippen MR) is 80.9 cm³/mol. The van der Waals surface area contributed by atoms with Gasteiger partial charge in [-0.2, -0.15) is 0 Å². The molecule has 1 aromatic carbocycles. The number of thioether (sulfide) groups is 1. The van der Waals surface area contributed by atoms with E-state index in [9.17, 15) is 4.79 Å². The number of carbonyl (C=O) groups is 1. The Hall–Kier alpha value is -1.16. The summed E-state index contributed by atoms with van der Waals surface area (Å²) in [6.45, 7) is 1.98. The third kappa shape index (κ3) is 3.90. The lowest BCUT2D eigenvalue weighted by molar-refractivity contribution is -0.115. The number of ether oxygens (including phenoxy) is 1. The van der Waals surface area contributed by atoms with Gasteiger partial charge in [0.15, 0.2) is 0 Å². The SMILES string of the molecule is COc1ccccc1NC(=O)C(C)SC1CCCC1. The van der Waals surface area contributed by atoms with Gasteiger partial charge in [0.2, 0.25) is 5.91 Å². The molecule has 4 heteroatoms. The molecule has 1 atom stereocenters. The van der Waals surface area contributed by atoms with E-state index in [2.05, 4.69) is 5.32 Å². The molecule has 2 rings (SSSR count). The number of amides is 1. The summed E-state index contributed by atoms with van der Waals surface area (Å²) in [5.41, 5.74) is 0.744. The van der Waals surface area contributed by atoms with Crippen LogP contribution in [0.1, 0.15) is 32.6 Å². The fourth-order valence-corrected chi connectivity index (χ4v) is 3.72. The van der Waals surface area contributed by atoms with Crippen LogP contribution in [0.15, 0.2) is 24.3 Å². The van der Waals surface area contributed by atoms with Gasteiger partial charge in [0.25, 0.3) is 0 Å². The summed E-state index contributed by atoms with van der Waals surface area (Å²) in [4.78, 5) is 12.2. The monoisotopic (exact) mass is 279 g/mol. The summed E-state index contributed by atoms with van der Waals surface area (Å²) >= 11 is 1.80. The number of nitrogens with one attached hydrogen (secondary N) is 1. The molecule has 0 spiro atoms. The quantitative estimate of drug-likeness (QED) is 0.893. The summed E-state index contributed by atoms with van der Waals surface area (Å²) in [6, 6.07) is 7.51. The van der Waals surface area contributed by atoms with Crippen LogP contribution in [-0.2, 0) is 4.79 Å². The number of hydrogen-bond acceptors (Lipinski definition) is 3. The Morgan fingerprint density at radius 2 is 2.05 bits per heavy atom. The Kier molecular flexibility index (Phi) is 5.14. The zero-order chi connectivity index (χ0) is 13.7. The van der Waals surface area contributed by atoms with Crippen LogP contribution in [0.5, 0.6) is 5.75 Å². The highest BCUT2D eigenvalue weighted by atomic mass is 32.2. The van der Waals surface area contributed by atoms with Crippen molar-refractivity contribution in [1.29, 1.82) is 0 Å². The van der Waals surface area contributed by atoms with Gasteiger partial charge in [-0.3, -0.25) is 4.79 Å². The van der Waals surface area contributed by atoms with Crippen LogP contribution in [-0.4, -0.2) is 23.5 Å². The van der Waals surface area contributed by atoms with Gasteiger partial charge in [0.05, 0.1) is 18.0 Å². The lowest BCUT2D eigenvalue weighted by Gasteiger charge is -2.17. The van der Waals surface area contributed by atoms with E-state index in [-0.39, 0.29) is 11.2 Å². The van der Waals surface area contributed by atoms with Crippen molar-refractivity contribution in [3.63, 3.8) is 0 Å². The minimum atomic E-state index is -0.0204. The van der Waals surface area contributed by atoms with Gasteiger partial charge < -0.3 is 10.1 Å². The summed E-state index contributed by atoms with van der Waals surface area (Å²) in [5, 5.41) is 3.58. The fraction of sp³-hybridized carbons (Fsp3) is 0.533. The van der Waals surface area contributed by atoms with Crippen molar-refractivity contribution in [1.82, 2.24) is 0 Å². The zero-order valence-electron chi connectivity index (χ0n) is 11.5.